The highest BCUT2D eigenvalue weighted by atomic mass is 32.1. The van der Waals surface area contributed by atoms with Crippen LogP contribution in [0.25, 0.3) is 16.2 Å². The van der Waals surface area contributed by atoms with Crippen molar-refractivity contribution >= 4 is 39.9 Å². The van der Waals surface area contributed by atoms with E-state index >= 15 is 0 Å². The van der Waals surface area contributed by atoms with Crippen molar-refractivity contribution in [3.63, 3.8) is 0 Å². The molecule has 36 heavy (non-hydrogen) atoms. The molecule has 0 amide bonds. The van der Waals surface area contributed by atoms with Crippen molar-refractivity contribution in [3.8, 4) is 5.13 Å². The van der Waals surface area contributed by atoms with Crippen molar-refractivity contribution in [2.75, 3.05) is 24.5 Å². The number of aromatic nitrogens is 3. The highest BCUT2D eigenvalue weighted by molar-refractivity contribution is 7.12. The van der Waals surface area contributed by atoms with E-state index in [0.29, 0.717) is 42.8 Å². The number of rotatable bonds is 7. The number of fused-ring (bicyclic) bond motifs is 1. The fraction of sp³-hybridized carbons (Fsp3) is 0.240. The topological polar surface area (TPSA) is 136 Å². The fourth-order valence-electron chi connectivity index (χ4n) is 4.18. The molecule has 1 aromatic carbocycles. The lowest BCUT2D eigenvalue weighted by Gasteiger charge is -2.23. The average Bonchev–Trinajstić information content (AvgIpc) is 3.53. The molecular weight excluding hydrogens is 480 g/mol. The predicted octanol–water partition coefficient (Wildman–Crippen LogP) is 2.90. The largest absolute Gasteiger partial charge is 0.477 e. The second-order valence-electron chi connectivity index (χ2n) is 8.82. The lowest BCUT2D eigenvalue weighted by Crippen LogP contribution is -2.36. The van der Waals surface area contributed by atoms with Gasteiger partial charge in [-0.15, -0.1) is 11.3 Å². The van der Waals surface area contributed by atoms with Gasteiger partial charge in [0, 0.05) is 36.3 Å². The number of thiazole rings is 1. The van der Waals surface area contributed by atoms with E-state index in [1.807, 2.05) is 42.2 Å². The zero-order valence-corrected chi connectivity index (χ0v) is 20.3. The molecule has 3 aromatic heterocycles. The Hall–Kier alpha value is -4.09. The molecule has 0 bridgehead atoms. The number of benzene rings is 1. The first-order valence-electron chi connectivity index (χ1n) is 11.3. The number of aromatic carboxylic acids is 1. The molecular formula is C25H24N6O4S. The molecule has 4 aromatic rings. The maximum atomic E-state index is 12.8. The predicted molar refractivity (Wildman–Crippen MR) is 138 cm³/mol. The molecule has 1 fully saturated rings. The summed E-state index contributed by atoms with van der Waals surface area (Å²) in [7, 11) is 0. The normalized spacial score (nSPS) is 18.7. The molecule has 4 heterocycles. The average molecular weight is 505 g/mol. The SMILES string of the molecule is CC1(CN)CN(c2ccc3c(=O)c(C(=O)O)cn(-c4nccs4)c3n2)C/C1=N/OCc1ccccc1. The van der Waals surface area contributed by atoms with Gasteiger partial charge in [0.15, 0.2) is 10.8 Å². The number of oxime groups is 1. The lowest BCUT2D eigenvalue weighted by molar-refractivity contribution is 0.0695. The monoisotopic (exact) mass is 504 g/mol. The van der Waals surface area contributed by atoms with Gasteiger partial charge in [0.25, 0.3) is 0 Å². The molecule has 1 atom stereocenters. The summed E-state index contributed by atoms with van der Waals surface area (Å²) in [5.74, 6) is -0.686. The maximum absolute atomic E-state index is 12.8. The zero-order chi connectivity index (χ0) is 25.3. The van der Waals surface area contributed by atoms with Crippen LogP contribution < -0.4 is 16.1 Å². The lowest BCUT2D eigenvalue weighted by atomic mass is 9.88. The molecule has 1 aliphatic rings. The molecule has 1 aliphatic heterocycles. The fourth-order valence-corrected chi connectivity index (χ4v) is 4.80. The minimum atomic E-state index is -1.30. The number of nitrogens with zero attached hydrogens (tertiary/aromatic N) is 5. The second kappa shape index (κ2) is 9.51. The van der Waals surface area contributed by atoms with E-state index in [1.54, 1.807) is 28.3 Å². The van der Waals surface area contributed by atoms with Crippen LogP contribution in [-0.2, 0) is 11.4 Å². The van der Waals surface area contributed by atoms with Gasteiger partial charge >= 0.3 is 5.97 Å². The number of hydrogen-bond donors (Lipinski definition) is 2. The summed E-state index contributed by atoms with van der Waals surface area (Å²) in [5, 5.41) is 16.4. The number of pyridine rings is 2. The van der Waals surface area contributed by atoms with E-state index in [9.17, 15) is 14.7 Å². The molecule has 0 radical (unpaired) electrons. The van der Waals surface area contributed by atoms with Crippen LogP contribution in [0.15, 0.2) is 70.2 Å². The number of carbonyl (C=O) groups is 1. The first kappa shape index (κ1) is 23.6. The van der Waals surface area contributed by atoms with Crippen molar-refractivity contribution in [1.29, 1.82) is 0 Å². The van der Waals surface area contributed by atoms with Gasteiger partial charge in [0.1, 0.15) is 18.0 Å². The summed E-state index contributed by atoms with van der Waals surface area (Å²) < 4.78 is 1.55. The summed E-state index contributed by atoms with van der Waals surface area (Å²) in [6, 6.07) is 13.1. The van der Waals surface area contributed by atoms with E-state index in [2.05, 4.69) is 10.1 Å². The van der Waals surface area contributed by atoms with Crippen LogP contribution in [0.2, 0.25) is 0 Å². The summed E-state index contributed by atoms with van der Waals surface area (Å²) >= 11 is 1.32. The minimum absolute atomic E-state index is 0.203. The number of anilines is 1. The Kier molecular flexibility index (Phi) is 6.25. The first-order valence-corrected chi connectivity index (χ1v) is 12.2. The minimum Gasteiger partial charge on any atom is -0.477 e. The molecule has 3 N–H and O–H groups in total. The Morgan fingerprint density at radius 3 is 2.78 bits per heavy atom. The Morgan fingerprint density at radius 1 is 1.28 bits per heavy atom. The van der Waals surface area contributed by atoms with E-state index in [-0.39, 0.29) is 10.9 Å². The third-order valence-corrected chi connectivity index (χ3v) is 7.06. The van der Waals surface area contributed by atoms with Gasteiger partial charge in [-0.3, -0.25) is 9.36 Å². The van der Waals surface area contributed by atoms with Gasteiger partial charge in [-0.25, -0.2) is 14.8 Å². The van der Waals surface area contributed by atoms with Crippen LogP contribution in [0, 0.1) is 5.41 Å². The molecule has 0 saturated carbocycles. The van der Waals surface area contributed by atoms with Crippen molar-refractivity contribution in [3.05, 3.63) is 81.6 Å². The van der Waals surface area contributed by atoms with E-state index in [0.717, 1.165) is 11.3 Å². The third kappa shape index (κ3) is 4.34. The Labute approximate surface area is 210 Å². The van der Waals surface area contributed by atoms with E-state index in [1.165, 1.54) is 17.5 Å². The van der Waals surface area contributed by atoms with Crippen molar-refractivity contribution in [2.24, 2.45) is 16.3 Å². The van der Waals surface area contributed by atoms with Crippen molar-refractivity contribution in [2.45, 2.75) is 13.5 Å². The van der Waals surface area contributed by atoms with Gasteiger partial charge in [-0.2, -0.15) is 0 Å². The second-order valence-corrected chi connectivity index (χ2v) is 9.69. The third-order valence-electron chi connectivity index (χ3n) is 6.29. The number of nitrogens with two attached hydrogens (primary N) is 1. The molecule has 0 spiro atoms. The summed E-state index contributed by atoms with van der Waals surface area (Å²) in [4.78, 5) is 41.3. The van der Waals surface area contributed by atoms with Gasteiger partial charge in [-0.05, 0) is 17.7 Å². The van der Waals surface area contributed by atoms with Crippen LogP contribution in [0.4, 0.5) is 5.82 Å². The molecule has 11 heteroatoms. The Morgan fingerprint density at radius 2 is 2.08 bits per heavy atom. The zero-order valence-electron chi connectivity index (χ0n) is 19.5. The van der Waals surface area contributed by atoms with Crippen LogP contribution in [0.5, 0.6) is 0 Å². The summed E-state index contributed by atoms with van der Waals surface area (Å²) in [6.45, 7) is 3.77. The molecule has 0 aliphatic carbocycles. The Bertz CT molecular complexity index is 1500. The number of carboxylic acids is 1. The maximum Gasteiger partial charge on any atom is 0.341 e. The van der Waals surface area contributed by atoms with Crippen molar-refractivity contribution in [1.82, 2.24) is 14.5 Å². The van der Waals surface area contributed by atoms with Crippen LogP contribution in [-0.4, -0.2) is 51.0 Å². The smallest absolute Gasteiger partial charge is 0.341 e. The van der Waals surface area contributed by atoms with Crippen molar-refractivity contribution < 1.29 is 14.7 Å². The number of carboxylic acid groups (broad SMARTS) is 1. The van der Waals surface area contributed by atoms with E-state index < -0.39 is 16.8 Å². The standard InChI is InChI=1S/C25H24N6O4S/c1-25(14-26)15-30(12-19(25)29-35-13-16-5-3-2-4-6-16)20-8-7-17-21(32)18(23(33)34)11-31(22(17)28-20)24-27-9-10-36-24/h2-11H,12-15,26H2,1H3,(H,33,34)/b29-19-. The number of hydrogen-bond acceptors (Lipinski definition) is 9. The van der Waals surface area contributed by atoms with E-state index in [4.69, 9.17) is 15.6 Å². The van der Waals surface area contributed by atoms with Gasteiger partial charge < -0.3 is 20.6 Å². The van der Waals surface area contributed by atoms with Crippen LogP contribution in [0.1, 0.15) is 22.8 Å². The van der Waals surface area contributed by atoms with Gasteiger partial charge in [0.05, 0.1) is 17.6 Å². The molecule has 10 nitrogen and oxygen atoms in total. The highest BCUT2D eigenvalue weighted by Gasteiger charge is 2.40. The van der Waals surface area contributed by atoms with Gasteiger partial charge in [0.2, 0.25) is 5.43 Å². The Balaban J connectivity index is 1.50. The van der Waals surface area contributed by atoms with Crippen LogP contribution >= 0.6 is 11.3 Å². The first-order chi connectivity index (χ1) is 17.4. The van der Waals surface area contributed by atoms with Gasteiger partial charge in [-0.1, -0.05) is 42.4 Å². The van der Waals surface area contributed by atoms with Crippen LogP contribution in [0.3, 0.4) is 0 Å². The highest BCUT2D eigenvalue weighted by Crippen LogP contribution is 2.31. The molecule has 5 rings (SSSR count). The molecule has 1 unspecified atom stereocenters. The molecule has 1 saturated heterocycles. The quantitative estimate of drug-likeness (QED) is 0.367. The molecule has 184 valence electrons. The summed E-state index contributed by atoms with van der Waals surface area (Å²) in [6.07, 6.45) is 2.89. The summed E-state index contributed by atoms with van der Waals surface area (Å²) in [5.41, 5.74) is 6.94.